The molecule has 5 aliphatic heterocycles. The highest BCUT2D eigenvalue weighted by Gasteiger charge is 2.60. The van der Waals surface area contributed by atoms with Gasteiger partial charge < -0.3 is 140 Å². The van der Waals surface area contributed by atoms with Crippen molar-refractivity contribution in [1.29, 1.82) is 0 Å². The van der Waals surface area contributed by atoms with Gasteiger partial charge in [-0.3, -0.25) is 4.79 Å². The number of rotatable bonds is 17. The van der Waals surface area contributed by atoms with Crippen molar-refractivity contribution in [3.05, 3.63) is 0 Å². The highest BCUT2D eigenvalue weighted by molar-refractivity contribution is 5.76. The van der Waals surface area contributed by atoms with E-state index in [0.29, 0.717) is 0 Å². The highest BCUT2D eigenvalue weighted by atomic mass is 16.8. The van der Waals surface area contributed by atoms with Crippen LogP contribution in [0.3, 0.4) is 0 Å². The monoisotopic (exact) mass is 957 g/mol. The third-order valence-corrected chi connectivity index (χ3v) is 11.7. The van der Waals surface area contributed by atoms with E-state index < -0.39 is 210 Å². The SMILES string of the molecule is CC(=O)N[C@H]1[C@H](O[C@H]2[C@@H](O)[C@@H](CO)O[C@@H](O[C@H]3[C@H](O)[C@@H](O)[C@H](O)O[C@@H]3CO)[C@@H]2O)O[C@H](CO)[C@@H](O[C@@H]2O[C@H](CO)[C@H](O)[C@H](O[C@]3(C(=O)O)C[C@H](O)[C@@H](O)[C@H]([C@H](O)[C@H](O)CO)O3)[C@H]2O)[C@@H]1O. The van der Waals surface area contributed by atoms with E-state index in [1.165, 1.54) is 0 Å². The van der Waals surface area contributed by atoms with Crippen molar-refractivity contribution in [3.63, 3.8) is 0 Å². The Kier molecular flexibility index (Phi) is 18.7. The molecule has 19 N–H and O–H groups in total. The fourth-order valence-corrected chi connectivity index (χ4v) is 8.11. The number of carbonyl (C=O) groups excluding carboxylic acids is 1. The van der Waals surface area contributed by atoms with E-state index in [9.17, 15) is 102 Å². The molecule has 0 bridgehead atoms. The van der Waals surface area contributed by atoms with Crippen molar-refractivity contribution >= 4 is 11.9 Å². The molecule has 5 aliphatic rings. The molecule has 30 nitrogen and oxygen atoms in total. The number of amides is 1. The van der Waals surface area contributed by atoms with E-state index in [0.717, 1.165) is 6.92 Å². The number of nitrogens with one attached hydrogen (secondary N) is 1. The van der Waals surface area contributed by atoms with Crippen LogP contribution >= 0.6 is 0 Å². The summed E-state index contributed by atoms with van der Waals surface area (Å²) < 4.78 is 50.0. The van der Waals surface area contributed by atoms with Crippen LogP contribution in [-0.4, -0.2) is 296 Å². The fraction of sp³-hybridized carbons (Fsp3) is 0.943. The van der Waals surface area contributed by atoms with E-state index in [1.807, 2.05) is 0 Å². The highest BCUT2D eigenvalue weighted by Crippen LogP contribution is 2.39. The number of hydrogen-bond acceptors (Lipinski definition) is 28. The zero-order valence-corrected chi connectivity index (χ0v) is 34.2. The maximum atomic E-state index is 12.7. The molecule has 26 atom stereocenters. The van der Waals surface area contributed by atoms with Crippen molar-refractivity contribution in [2.75, 3.05) is 33.0 Å². The van der Waals surface area contributed by atoms with Crippen LogP contribution in [0.1, 0.15) is 13.3 Å². The summed E-state index contributed by atoms with van der Waals surface area (Å²) in [7, 11) is 0. The average Bonchev–Trinajstić information content (AvgIpc) is 3.27. The predicted octanol–water partition coefficient (Wildman–Crippen LogP) is -12.6. The van der Waals surface area contributed by atoms with Gasteiger partial charge in [-0.25, -0.2) is 4.79 Å². The van der Waals surface area contributed by atoms with Crippen LogP contribution in [0.25, 0.3) is 0 Å². The molecule has 378 valence electrons. The van der Waals surface area contributed by atoms with Gasteiger partial charge in [-0.2, -0.15) is 0 Å². The van der Waals surface area contributed by atoms with E-state index >= 15 is 0 Å². The van der Waals surface area contributed by atoms with Gasteiger partial charge in [0.25, 0.3) is 5.79 Å². The van der Waals surface area contributed by atoms with Crippen LogP contribution in [0.4, 0.5) is 0 Å². The molecule has 0 saturated carbocycles. The Morgan fingerprint density at radius 3 is 1.58 bits per heavy atom. The topological polar surface area (TPSA) is 493 Å². The summed E-state index contributed by atoms with van der Waals surface area (Å²) in [6, 6.07) is -1.82. The van der Waals surface area contributed by atoms with Gasteiger partial charge in [0.05, 0.1) is 39.1 Å². The Labute approximate surface area is 366 Å². The van der Waals surface area contributed by atoms with Crippen LogP contribution in [0.5, 0.6) is 0 Å². The first-order chi connectivity index (χ1) is 30.6. The lowest BCUT2D eigenvalue weighted by atomic mass is 9.90. The van der Waals surface area contributed by atoms with Crippen LogP contribution in [-0.2, 0) is 52.2 Å². The quantitative estimate of drug-likeness (QED) is 0.0643. The molecule has 65 heavy (non-hydrogen) atoms. The molecule has 1 amide bonds. The van der Waals surface area contributed by atoms with Gasteiger partial charge in [0.2, 0.25) is 5.91 Å². The molecule has 5 fully saturated rings. The lowest BCUT2D eigenvalue weighted by Gasteiger charge is -2.51. The number of carboxylic acid groups (broad SMARTS) is 1. The number of aliphatic hydroxyl groups is 17. The van der Waals surface area contributed by atoms with Gasteiger partial charge in [0, 0.05) is 13.3 Å². The second-order valence-electron chi connectivity index (χ2n) is 16.1. The summed E-state index contributed by atoms with van der Waals surface area (Å²) in [5.74, 6) is -6.11. The largest absolute Gasteiger partial charge is 0.477 e. The summed E-state index contributed by atoms with van der Waals surface area (Å²) in [5, 5.41) is 191. The molecule has 30 heteroatoms. The van der Waals surface area contributed by atoms with Crippen molar-refractivity contribution < 1.29 is 144 Å². The number of carbonyl (C=O) groups is 2. The minimum Gasteiger partial charge on any atom is -0.477 e. The van der Waals surface area contributed by atoms with E-state index in [-0.39, 0.29) is 0 Å². The molecular weight excluding hydrogens is 898 g/mol. The summed E-state index contributed by atoms with van der Waals surface area (Å²) in [5.41, 5.74) is 0. The van der Waals surface area contributed by atoms with Crippen LogP contribution < -0.4 is 5.32 Å². The molecule has 0 aromatic carbocycles. The summed E-state index contributed by atoms with van der Waals surface area (Å²) >= 11 is 0. The van der Waals surface area contributed by atoms with E-state index in [4.69, 9.17) is 42.6 Å². The Hall–Kier alpha value is -2.10. The normalized spacial score (nSPS) is 48.3. The maximum absolute atomic E-state index is 12.7. The van der Waals surface area contributed by atoms with Gasteiger partial charge in [-0.15, -0.1) is 0 Å². The van der Waals surface area contributed by atoms with Crippen molar-refractivity contribution in [2.24, 2.45) is 0 Å². The minimum absolute atomic E-state index is 0.878. The van der Waals surface area contributed by atoms with Crippen molar-refractivity contribution in [2.45, 2.75) is 172 Å². The zero-order valence-electron chi connectivity index (χ0n) is 34.2. The number of hydrogen-bond donors (Lipinski definition) is 19. The average molecular weight is 958 g/mol. The Bertz CT molecular complexity index is 1540. The molecule has 5 rings (SSSR count). The standard InChI is InChI=1S/C35H59NO29/c1-8(42)36-15-20(49)25(14(7-41)60-31(15)63-27-18(47)11(4-38)58-32(23(27)52)62-26-13(6-40)57-30(54)22(51)21(26)50)61-33-24(53)29(19(48)12(5-39)59-33)65-35(34(55)56)2-9(43)16(45)28(64-35)17(46)10(44)3-37/h9-33,37-41,43-54H,2-7H2,1H3,(H,36,42)(H,55,56)/t9-,10+,11+,12+,13+,14+,15+,16+,17+,18-,19-,20+,21+,22+,23+,24+,25+,26+,27-,28+,29-,30+,31-,32-,33-,35-/m0/s1. The molecule has 0 aliphatic carbocycles. The molecule has 0 spiro atoms. The molecule has 5 heterocycles. The first-order valence-corrected chi connectivity index (χ1v) is 20.2. The second-order valence-corrected chi connectivity index (χ2v) is 16.1. The van der Waals surface area contributed by atoms with E-state index in [2.05, 4.69) is 5.32 Å². The van der Waals surface area contributed by atoms with Gasteiger partial charge in [-0.05, 0) is 0 Å². The lowest BCUT2D eigenvalue weighted by molar-refractivity contribution is -0.392. The van der Waals surface area contributed by atoms with Crippen molar-refractivity contribution in [1.82, 2.24) is 5.32 Å². The first kappa shape index (κ1) is 53.8. The number of ether oxygens (including phenoxy) is 9. The number of aliphatic carboxylic acids is 1. The molecule has 0 aromatic heterocycles. The van der Waals surface area contributed by atoms with E-state index in [1.54, 1.807) is 0 Å². The molecule has 0 radical (unpaired) electrons. The summed E-state index contributed by atoms with van der Waals surface area (Å²) in [6.07, 6.45) is -49.3. The van der Waals surface area contributed by atoms with Crippen LogP contribution in [0.15, 0.2) is 0 Å². The van der Waals surface area contributed by atoms with Crippen LogP contribution in [0.2, 0.25) is 0 Å². The lowest BCUT2D eigenvalue weighted by Crippen LogP contribution is -2.70. The minimum atomic E-state index is -3.16. The third-order valence-electron chi connectivity index (χ3n) is 11.7. The van der Waals surface area contributed by atoms with Crippen LogP contribution in [0, 0.1) is 0 Å². The van der Waals surface area contributed by atoms with Gasteiger partial charge in [0.1, 0.15) is 122 Å². The number of aliphatic hydroxyl groups excluding tert-OH is 17. The Morgan fingerprint density at radius 1 is 0.600 bits per heavy atom. The smallest absolute Gasteiger partial charge is 0.364 e. The fourth-order valence-electron chi connectivity index (χ4n) is 8.11. The summed E-state index contributed by atoms with van der Waals surface area (Å²) in [6.45, 7) is -4.21. The second kappa shape index (κ2) is 22.5. The van der Waals surface area contributed by atoms with Gasteiger partial charge >= 0.3 is 5.97 Å². The molecule has 0 unspecified atom stereocenters. The molecule has 0 aromatic rings. The van der Waals surface area contributed by atoms with Gasteiger partial charge in [-0.1, -0.05) is 0 Å². The summed E-state index contributed by atoms with van der Waals surface area (Å²) in [4.78, 5) is 25.2. The van der Waals surface area contributed by atoms with Crippen molar-refractivity contribution in [3.8, 4) is 0 Å². The predicted molar refractivity (Wildman–Crippen MR) is 195 cm³/mol. The zero-order chi connectivity index (χ0) is 48.4. The Balaban J connectivity index is 1.39. The third kappa shape index (κ3) is 11.2. The Morgan fingerprint density at radius 2 is 1.08 bits per heavy atom. The molecule has 5 saturated heterocycles. The maximum Gasteiger partial charge on any atom is 0.364 e. The first-order valence-electron chi connectivity index (χ1n) is 20.2. The van der Waals surface area contributed by atoms with Gasteiger partial charge in [0.15, 0.2) is 25.2 Å². The molecular formula is C35H59NO29. The number of carboxylic acids is 1.